The van der Waals surface area contributed by atoms with Crippen LogP contribution in [0.1, 0.15) is 18.4 Å². The van der Waals surface area contributed by atoms with Crippen LogP contribution in [-0.2, 0) is 4.79 Å². The average molecular weight is 272 g/mol. The van der Waals surface area contributed by atoms with Gasteiger partial charge in [0.1, 0.15) is 11.9 Å². The van der Waals surface area contributed by atoms with Gasteiger partial charge in [0.2, 0.25) is 0 Å². The van der Waals surface area contributed by atoms with Gasteiger partial charge in [-0.15, -0.1) is 0 Å². The molecule has 0 fully saturated rings. The molecular weight excluding hydrogens is 254 g/mol. The van der Waals surface area contributed by atoms with Gasteiger partial charge in [-0.25, -0.2) is 8.78 Å². The number of alkyl halides is 2. The predicted octanol–water partition coefficient (Wildman–Crippen LogP) is 0.641. The van der Waals surface area contributed by atoms with Crippen LogP contribution in [0.4, 0.5) is 8.78 Å². The van der Waals surface area contributed by atoms with E-state index in [1.54, 1.807) is 30.3 Å². The van der Waals surface area contributed by atoms with Gasteiger partial charge in [0.25, 0.3) is 5.92 Å². The molecule has 0 amide bonds. The maximum atomic E-state index is 13.4. The van der Waals surface area contributed by atoms with Gasteiger partial charge in [-0.2, -0.15) is 0 Å². The summed E-state index contributed by atoms with van der Waals surface area (Å²) in [6.45, 7) is 0.228. The van der Waals surface area contributed by atoms with Crippen molar-refractivity contribution in [2.75, 3.05) is 6.54 Å². The molecule has 4 nitrogen and oxygen atoms in total. The molecular formula is C13H18F2N2O2. The molecule has 3 atom stereocenters. The number of ketones is 1. The number of carbonyl (C=O) groups is 1. The summed E-state index contributed by atoms with van der Waals surface area (Å²) in [5.41, 5.74) is 11.1. The molecule has 1 rings (SSSR count). The summed E-state index contributed by atoms with van der Waals surface area (Å²) < 4.78 is 26.7. The summed E-state index contributed by atoms with van der Waals surface area (Å²) in [4.78, 5) is 11.6. The van der Waals surface area contributed by atoms with Gasteiger partial charge in [-0.05, 0) is 12.5 Å². The molecule has 0 aromatic heterocycles. The number of carbonyl (C=O) groups excluding carboxylic acids is 1. The zero-order valence-corrected chi connectivity index (χ0v) is 10.6. The summed E-state index contributed by atoms with van der Waals surface area (Å²) in [7, 11) is 0. The number of aliphatic hydroxyl groups excluding tert-OH is 1. The number of halogens is 2. The molecule has 1 aromatic carbocycles. The topological polar surface area (TPSA) is 89.3 Å². The number of hydrogen-bond donors (Lipinski definition) is 3. The molecule has 0 saturated heterocycles. The maximum Gasteiger partial charge on any atom is 0.286 e. The zero-order valence-electron chi connectivity index (χ0n) is 10.6. The van der Waals surface area contributed by atoms with Crippen LogP contribution in [0, 0.1) is 0 Å². The van der Waals surface area contributed by atoms with Crippen LogP contribution in [-0.4, -0.2) is 35.5 Å². The zero-order chi connectivity index (χ0) is 14.6. The molecule has 6 heteroatoms. The van der Waals surface area contributed by atoms with Crippen molar-refractivity contribution in [1.82, 2.24) is 0 Å². The molecule has 0 bridgehead atoms. The first-order valence-corrected chi connectivity index (χ1v) is 5.88. The van der Waals surface area contributed by atoms with Crippen molar-refractivity contribution in [2.45, 2.75) is 30.9 Å². The summed E-state index contributed by atoms with van der Waals surface area (Å²) >= 11 is 0. The van der Waals surface area contributed by atoms with Gasteiger partial charge < -0.3 is 16.6 Å². The lowest BCUT2D eigenvalue weighted by molar-refractivity contribution is -0.127. The lowest BCUT2D eigenvalue weighted by Gasteiger charge is -2.30. The molecule has 3 unspecified atom stereocenters. The van der Waals surface area contributed by atoms with E-state index in [-0.39, 0.29) is 5.78 Å². The summed E-state index contributed by atoms with van der Waals surface area (Å²) in [5, 5.41) is 9.62. The van der Waals surface area contributed by atoms with E-state index in [2.05, 4.69) is 0 Å². The molecule has 0 radical (unpaired) electrons. The Hall–Kier alpha value is -1.37. The highest BCUT2D eigenvalue weighted by molar-refractivity contribution is 5.84. The number of Topliss-reactive ketones (excluding diaryl/α,β-unsaturated/α-hetero) is 1. The molecule has 0 spiro atoms. The average Bonchev–Trinajstić information content (AvgIpc) is 2.38. The van der Waals surface area contributed by atoms with Crippen LogP contribution in [0.5, 0.6) is 0 Å². The van der Waals surface area contributed by atoms with Crippen molar-refractivity contribution in [3.63, 3.8) is 0 Å². The second-order valence-electron chi connectivity index (χ2n) is 4.49. The first kappa shape index (κ1) is 15.7. The summed E-state index contributed by atoms with van der Waals surface area (Å²) in [6.07, 6.45) is -2.17. The van der Waals surface area contributed by atoms with E-state index in [0.717, 1.165) is 0 Å². The van der Waals surface area contributed by atoms with E-state index < -0.39 is 30.5 Å². The Morgan fingerprint density at radius 2 is 1.89 bits per heavy atom. The Kier molecular flexibility index (Phi) is 5.11. The van der Waals surface area contributed by atoms with Crippen LogP contribution >= 0.6 is 0 Å². The third-order valence-corrected chi connectivity index (χ3v) is 3.05. The molecule has 0 aliphatic heterocycles. The molecule has 0 saturated carbocycles. The van der Waals surface area contributed by atoms with Crippen molar-refractivity contribution in [2.24, 2.45) is 11.5 Å². The fourth-order valence-electron chi connectivity index (χ4n) is 1.97. The first-order valence-electron chi connectivity index (χ1n) is 5.88. The van der Waals surface area contributed by atoms with Gasteiger partial charge in [0.15, 0.2) is 0 Å². The van der Waals surface area contributed by atoms with Crippen molar-refractivity contribution in [3.8, 4) is 0 Å². The second-order valence-corrected chi connectivity index (χ2v) is 4.49. The fraction of sp³-hybridized carbons (Fsp3) is 0.462. The highest BCUT2D eigenvalue weighted by Gasteiger charge is 2.44. The van der Waals surface area contributed by atoms with Gasteiger partial charge >= 0.3 is 0 Å². The smallest absolute Gasteiger partial charge is 0.286 e. The van der Waals surface area contributed by atoms with Crippen LogP contribution < -0.4 is 11.5 Å². The lowest BCUT2D eigenvalue weighted by atomic mass is 9.84. The maximum absolute atomic E-state index is 13.4. The van der Waals surface area contributed by atoms with E-state index in [4.69, 9.17) is 11.5 Å². The minimum absolute atomic E-state index is 0.384. The summed E-state index contributed by atoms with van der Waals surface area (Å²) in [5.74, 6) is -4.90. The van der Waals surface area contributed by atoms with Crippen molar-refractivity contribution >= 4 is 5.78 Å². The minimum Gasteiger partial charge on any atom is -0.385 e. The van der Waals surface area contributed by atoms with E-state index in [9.17, 15) is 18.7 Å². The van der Waals surface area contributed by atoms with E-state index >= 15 is 0 Å². The minimum atomic E-state index is -3.53. The lowest BCUT2D eigenvalue weighted by Crippen LogP contribution is -2.54. The molecule has 19 heavy (non-hydrogen) atoms. The Balaban J connectivity index is 3.05. The normalized spacial score (nSPS) is 16.7. The number of aliphatic hydroxyl groups is 1. The largest absolute Gasteiger partial charge is 0.385 e. The van der Waals surface area contributed by atoms with Crippen molar-refractivity contribution in [3.05, 3.63) is 35.9 Å². The highest BCUT2D eigenvalue weighted by atomic mass is 19.3. The van der Waals surface area contributed by atoms with E-state index in [0.29, 0.717) is 5.56 Å². The van der Waals surface area contributed by atoms with Crippen molar-refractivity contribution < 1.29 is 18.7 Å². The Morgan fingerprint density at radius 1 is 1.37 bits per heavy atom. The molecule has 0 aliphatic carbocycles. The number of hydrogen-bond acceptors (Lipinski definition) is 4. The van der Waals surface area contributed by atoms with E-state index in [1.165, 1.54) is 6.92 Å². The summed E-state index contributed by atoms with van der Waals surface area (Å²) in [6, 6.07) is 6.88. The van der Waals surface area contributed by atoms with Gasteiger partial charge in [-0.3, -0.25) is 4.79 Å². The number of nitrogens with two attached hydrogens (primary N) is 2. The first-order chi connectivity index (χ1) is 8.81. The SMILES string of the molecule is CC(=O)C(c1ccccc1)C(N)C(O)C(F)(F)CN. The standard InChI is InChI=1S/C13H18F2N2O2/c1-8(18)10(9-5-3-2-4-6-9)11(17)12(19)13(14,15)7-16/h2-6,10-12,19H,7,16-17H2,1H3. The third-order valence-electron chi connectivity index (χ3n) is 3.05. The van der Waals surface area contributed by atoms with Crippen LogP contribution in [0.25, 0.3) is 0 Å². The molecule has 0 heterocycles. The molecule has 1 aromatic rings. The quantitative estimate of drug-likeness (QED) is 0.709. The van der Waals surface area contributed by atoms with Crippen LogP contribution in [0.2, 0.25) is 0 Å². The second kappa shape index (κ2) is 6.18. The third kappa shape index (κ3) is 3.56. The van der Waals surface area contributed by atoms with Gasteiger partial charge in [0.05, 0.1) is 18.5 Å². The number of benzene rings is 1. The Morgan fingerprint density at radius 3 is 2.32 bits per heavy atom. The Bertz CT molecular complexity index is 426. The number of rotatable bonds is 6. The van der Waals surface area contributed by atoms with E-state index in [1.807, 2.05) is 0 Å². The predicted molar refractivity (Wildman–Crippen MR) is 67.8 cm³/mol. The monoisotopic (exact) mass is 272 g/mol. The fourth-order valence-corrected chi connectivity index (χ4v) is 1.97. The molecule has 5 N–H and O–H groups in total. The van der Waals surface area contributed by atoms with Crippen molar-refractivity contribution in [1.29, 1.82) is 0 Å². The molecule has 106 valence electrons. The highest BCUT2D eigenvalue weighted by Crippen LogP contribution is 2.28. The molecule has 0 aliphatic rings. The van der Waals surface area contributed by atoms with Crippen LogP contribution in [0.15, 0.2) is 30.3 Å². The van der Waals surface area contributed by atoms with Gasteiger partial charge in [0, 0.05) is 0 Å². The van der Waals surface area contributed by atoms with Gasteiger partial charge in [-0.1, -0.05) is 30.3 Å². The Labute approximate surface area is 110 Å². The van der Waals surface area contributed by atoms with Crippen LogP contribution in [0.3, 0.4) is 0 Å².